The number of likely N-dealkylation sites (tertiary alicyclic amines) is 2. The van der Waals surface area contributed by atoms with Crippen LogP contribution in [0.4, 0.5) is 0 Å². The van der Waals surface area contributed by atoms with E-state index in [9.17, 15) is 9.59 Å². The Bertz CT molecular complexity index is 365. The molecule has 2 saturated heterocycles. The van der Waals surface area contributed by atoms with Gasteiger partial charge < -0.3 is 15.5 Å². The van der Waals surface area contributed by atoms with Crippen LogP contribution in [0.2, 0.25) is 0 Å². The van der Waals surface area contributed by atoms with E-state index >= 15 is 0 Å². The van der Waals surface area contributed by atoms with Gasteiger partial charge in [0.1, 0.15) is 0 Å². The minimum absolute atomic E-state index is 0.0897. The fourth-order valence-corrected chi connectivity index (χ4v) is 3.39. The van der Waals surface area contributed by atoms with Gasteiger partial charge in [-0.1, -0.05) is 19.8 Å². The average molecular weight is 295 g/mol. The first-order chi connectivity index (χ1) is 10.1. The number of hydrogen-bond donors (Lipinski definition) is 1. The molecule has 2 aliphatic rings. The van der Waals surface area contributed by atoms with Gasteiger partial charge in [0, 0.05) is 32.1 Å². The standard InChI is InChI=1S/C16H29N3O2/c1-2-3-6-14(17)16(21)18-11-8-13(9-12-18)19-10-5-4-7-15(19)20/h13-14H,2-12,17H2,1H3/t14-/m1/s1. The summed E-state index contributed by atoms with van der Waals surface area (Å²) in [6, 6.07) is -0.0214. The van der Waals surface area contributed by atoms with Crippen molar-refractivity contribution in [3.63, 3.8) is 0 Å². The summed E-state index contributed by atoms with van der Waals surface area (Å²) >= 11 is 0. The van der Waals surface area contributed by atoms with E-state index in [0.29, 0.717) is 18.4 Å². The van der Waals surface area contributed by atoms with Gasteiger partial charge in [0.05, 0.1) is 6.04 Å². The Hall–Kier alpha value is -1.10. The lowest BCUT2D eigenvalue weighted by atomic mass is 9.98. The van der Waals surface area contributed by atoms with E-state index in [1.807, 2.05) is 9.80 Å². The minimum atomic E-state index is -0.349. The van der Waals surface area contributed by atoms with Crippen molar-refractivity contribution in [2.24, 2.45) is 5.73 Å². The Morgan fingerprint density at radius 1 is 1.29 bits per heavy atom. The van der Waals surface area contributed by atoms with Crippen molar-refractivity contribution in [1.82, 2.24) is 9.80 Å². The molecule has 2 heterocycles. The van der Waals surface area contributed by atoms with Gasteiger partial charge in [-0.2, -0.15) is 0 Å². The molecule has 2 rings (SSSR count). The SMILES string of the molecule is CCCC[C@@H](N)C(=O)N1CCC(N2CCCCC2=O)CC1. The first-order valence-electron chi connectivity index (χ1n) is 8.47. The summed E-state index contributed by atoms with van der Waals surface area (Å²) in [6.07, 6.45) is 7.49. The van der Waals surface area contributed by atoms with Crippen molar-refractivity contribution < 1.29 is 9.59 Å². The fourth-order valence-electron chi connectivity index (χ4n) is 3.39. The van der Waals surface area contributed by atoms with Gasteiger partial charge in [0.2, 0.25) is 11.8 Å². The summed E-state index contributed by atoms with van der Waals surface area (Å²) in [4.78, 5) is 28.2. The topological polar surface area (TPSA) is 66.6 Å². The highest BCUT2D eigenvalue weighted by Gasteiger charge is 2.31. The van der Waals surface area contributed by atoms with Gasteiger partial charge in [0.25, 0.3) is 0 Å². The highest BCUT2D eigenvalue weighted by molar-refractivity contribution is 5.81. The highest BCUT2D eigenvalue weighted by atomic mass is 16.2. The number of nitrogens with zero attached hydrogens (tertiary/aromatic N) is 2. The second-order valence-corrected chi connectivity index (χ2v) is 6.35. The third-order valence-electron chi connectivity index (χ3n) is 4.76. The molecular formula is C16H29N3O2. The van der Waals surface area contributed by atoms with E-state index in [1.54, 1.807) is 0 Å². The van der Waals surface area contributed by atoms with Crippen LogP contribution in [0.25, 0.3) is 0 Å². The zero-order valence-corrected chi connectivity index (χ0v) is 13.2. The number of unbranched alkanes of at least 4 members (excludes halogenated alkanes) is 1. The predicted octanol–water partition coefficient (Wildman–Crippen LogP) is 1.51. The molecule has 0 radical (unpaired) electrons. The fraction of sp³-hybridized carbons (Fsp3) is 0.875. The molecular weight excluding hydrogens is 266 g/mol. The lowest BCUT2D eigenvalue weighted by molar-refractivity contribution is -0.139. The third-order valence-corrected chi connectivity index (χ3v) is 4.76. The molecule has 0 aliphatic carbocycles. The van der Waals surface area contributed by atoms with Gasteiger partial charge in [0.15, 0.2) is 0 Å². The molecule has 5 nitrogen and oxygen atoms in total. The van der Waals surface area contributed by atoms with Crippen molar-refractivity contribution >= 4 is 11.8 Å². The molecule has 2 amide bonds. The summed E-state index contributed by atoms with van der Waals surface area (Å²) in [6.45, 7) is 4.49. The Labute approximate surface area is 127 Å². The molecule has 2 aliphatic heterocycles. The first-order valence-corrected chi connectivity index (χ1v) is 8.47. The first kappa shape index (κ1) is 16.3. The van der Waals surface area contributed by atoms with Crippen LogP contribution in [-0.2, 0) is 9.59 Å². The van der Waals surface area contributed by atoms with Crippen LogP contribution in [0.1, 0.15) is 58.3 Å². The Morgan fingerprint density at radius 2 is 2.00 bits per heavy atom. The lowest BCUT2D eigenvalue weighted by Crippen LogP contribution is -2.52. The van der Waals surface area contributed by atoms with Gasteiger partial charge in [-0.3, -0.25) is 9.59 Å². The van der Waals surface area contributed by atoms with Crippen LogP contribution in [0.3, 0.4) is 0 Å². The number of hydrogen-bond acceptors (Lipinski definition) is 3. The summed E-state index contributed by atoms with van der Waals surface area (Å²) in [7, 11) is 0. The highest BCUT2D eigenvalue weighted by Crippen LogP contribution is 2.22. The maximum Gasteiger partial charge on any atom is 0.239 e. The molecule has 0 saturated carbocycles. The zero-order chi connectivity index (χ0) is 15.2. The van der Waals surface area contributed by atoms with Crippen LogP contribution < -0.4 is 5.73 Å². The second kappa shape index (κ2) is 7.78. The number of rotatable bonds is 5. The number of carbonyl (C=O) groups is 2. The van der Waals surface area contributed by atoms with E-state index < -0.39 is 0 Å². The molecule has 0 aromatic heterocycles. The van der Waals surface area contributed by atoms with E-state index in [1.165, 1.54) is 0 Å². The number of carbonyl (C=O) groups excluding carboxylic acids is 2. The number of piperidine rings is 2. The molecule has 0 unspecified atom stereocenters. The molecule has 0 aromatic rings. The van der Waals surface area contributed by atoms with Gasteiger partial charge in [-0.15, -0.1) is 0 Å². The van der Waals surface area contributed by atoms with Crippen LogP contribution in [0, 0.1) is 0 Å². The van der Waals surface area contributed by atoms with Gasteiger partial charge in [-0.05, 0) is 32.1 Å². The summed E-state index contributed by atoms with van der Waals surface area (Å²) in [5.41, 5.74) is 5.98. The monoisotopic (exact) mass is 295 g/mol. The van der Waals surface area contributed by atoms with Gasteiger partial charge >= 0.3 is 0 Å². The van der Waals surface area contributed by atoms with Crippen LogP contribution >= 0.6 is 0 Å². The average Bonchev–Trinajstić information content (AvgIpc) is 2.52. The van der Waals surface area contributed by atoms with Crippen molar-refractivity contribution in [2.75, 3.05) is 19.6 Å². The largest absolute Gasteiger partial charge is 0.341 e. The molecule has 5 heteroatoms. The van der Waals surface area contributed by atoms with Crippen LogP contribution in [-0.4, -0.2) is 53.3 Å². The Morgan fingerprint density at radius 3 is 2.62 bits per heavy atom. The summed E-state index contributed by atoms with van der Waals surface area (Å²) < 4.78 is 0. The normalized spacial score (nSPS) is 22.5. The molecule has 1 atom stereocenters. The Balaban J connectivity index is 1.79. The lowest BCUT2D eigenvalue weighted by Gasteiger charge is -2.40. The quantitative estimate of drug-likeness (QED) is 0.836. The van der Waals surface area contributed by atoms with E-state index in [4.69, 9.17) is 5.73 Å². The van der Waals surface area contributed by atoms with Crippen LogP contribution in [0.5, 0.6) is 0 Å². The maximum absolute atomic E-state index is 12.3. The minimum Gasteiger partial charge on any atom is -0.341 e. The summed E-state index contributed by atoms with van der Waals surface area (Å²) in [5, 5.41) is 0. The van der Waals surface area contributed by atoms with E-state index in [0.717, 1.165) is 64.6 Å². The van der Waals surface area contributed by atoms with Crippen molar-refractivity contribution in [2.45, 2.75) is 70.4 Å². The molecule has 0 spiro atoms. The smallest absolute Gasteiger partial charge is 0.239 e. The number of amides is 2. The molecule has 21 heavy (non-hydrogen) atoms. The maximum atomic E-state index is 12.3. The van der Waals surface area contributed by atoms with E-state index in [2.05, 4.69) is 6.92 Å². The molecule has 2 N–H and O–H groups in total. The predicted molar refractivity (Wildman–Crippen MR) is 82.7 cm³/mol. The zero-order valence-electron chi connectivity index (χ0n) is 13.2. The molecule has 0 aromatic carbocycles. The van der Waals surface area contributed by atoms with Crippen molar-refractivity contribution in [1.29, 1.82) is 0 Å². The second-order valence-electron chi connectivity index (χ2n) is 6.35. The number of nitrogens with two attached hydrogens (primary N) is 1. The molecule has 2 fully saturated rings. The Kier molecular flexibility index (Phi) is 6.03. The van der Waals surface area contributed by atoms with Crippen molar-refractivity contribution in [3.05, 3.63) is 0 Å². The molecule has 0 bridgehead atoms. The summed E-state index contributed by atoms with van der Waals surface area (Å²) in [5.74, 6) is 0.387. The molecule has 120 valence electrons. The third kappa shape index (κ3) is 4.19. The van der Waals surface area contributed by atoms with Gasteiger partial charge in [-0.25, -0.2) is 0 Å². The van der Waals surface area contributed by atoms with E-state index in [-0.39, 0.29) is 11.9 Å². The van der Waals surface area contributed by atoms with Crippen molar-refractivity contribution in [3.8, 4) is 0 Å². The van der Waals surface area contributed by atoms with Crippen LogP contribution in [0.15, 0.2) is 0 Å².